The molecule has 1 heterocycles. The Labute approximate surface area is 146 Å². The van der Waals surface area contributed by atoms with Gasteiger partial charge < -0.3 is 9.30 Å². The highest BCUT2D eigenvalue weighted by atomic mass is 79.9. The van der Waals surface area contributed by atoms with Gasteiger partial charge >= 0.3 is 0 Å². The summed E-state index contributed by atoms with van der Waals surface area (Å²) in [6.45, 7) is 0. The number of rotatable bonds is 3. The summed E-state index contributed by atoms with van der Waals surface area (Å²) in [6, 6.07) is 13.5. The van der Waals surface area contributed by atoms with Crippen LogP contribution >= 0.6 is 27.3 Å². The number of methoxy groups -OCH3 is 1. The summed E-state index contributed by atoms with van der Waals surface area (Å²) in [5, 5.41) is 0. The van der Waals surface area contributed by atoms with Crippen molar-refractivity contribution in [3.8, 4) is 5.75 Å². The molecule has 0 aliphatic rings. The number of amides is 1. The monoisotopic (exact) mass is 390 g/mol. The molecule has 0 saturated heterocycles. The van der Waals surface area contributed by atoms with Crippen LogP contribution in [0.15, 0.2) is 51.9 Å². The Kier molecular flexibility index (Phi) is 4.63. The Hall–Kier alpha value is -1.92. The van der Waals surface area contributed by atoms with Crippen LogP contribution in [0.25, 0.3) is 10.2 Å². The number of carbonyl (C=O) groups is 1. The van der Waals surface area contributed by atoms with Gasteiger partial charge in [0.1, 0.15) is 5.75 Å². The third kappa shape index (κ3) is 3.54. The molecule has 0 radical (unpaired) electrons. The van der Waals surface area contributed by atoms with Gasteiger partial charge in [-0.1, -0.05) is 39.4 Å². The van der Waals surface area contributed by atoms with Crippen LogP contribution in [-0.2, 0) is 18.3 Å². The average Bonchev–Trinajstić information content (AvgIpc) is 2.82. The molecule has 0 spiro atoms. The predicted molar refractivity (Wildman–Crippen MR) is 95.8 cm³/mol. The number of hydrogen-bond donors (Lipinski definition) is 0. The van der Waals surface area contributed by atoms with Crippen LogP contribution < -0.4 is 9.54 Å². The molecule has 4 nitrogen and oxygen atoms in total. The second kappa shape index (κ2) is 6.68. The van der Waals surface area contributed by atoms with Gasteiger partial charge in [-0.15, -0.1) is 0 Å². The molecule has 0 aliphatic heterocycles. The van der Waals surface area contributed by atoms with Crippen molar-refractivity contribution in [1.82, 2.24) is 4.57 Å². The van der Waals surface area contributed by atoms with E-state index in [1.165, 1.54) is 11.3 Å². The summed E-state index contributed by atoms with van der Waals surface area (Å²) in [4.78, 5) is 17.2. The topological polar surface area (TPSA) is 43.6 Å². The number of aromatic nitrogens is 1. The van der Waals surface area contributed by atoms with E-state index in [9.17, 15) is 4.79 Å². The second-order valence-electron chi connectivity index (χ2n) is 5.09. The van der Waals surface area contributed by atoms with Gasteiger partial charge in [0.05, 0.1) is 23.7 Å². The van der Waals surface area contributed by atoms with Crippen LogP contribution in [0.1, 0.15) is 5.56 Å². The first-order chi connectivity index (χ1) is 11.1. The lowest BCUT2D eigenvalue weighted by atomic mass is 10.1. The molecule has 0 N–H and O–H groups in total. The summed E-state index contributed by atoms with van der Waals surface area (Å²) < 4.78 is 9.22. The average molecular weight is 391 g/mol. The van der Waals surface area contributed by atoms with Gasteiger partial charge in [0, 0.05) is 11.5 Å². The van der Waals surface area contributed by atoms with Crippen molar-refractivity contribution in [3.63, 3.8) is 0 Å². The van der Waals surface area contributed by atoms with E-state index in [1.807, 2.05) is 54.1 Å². The summed E-state index contributed by atoms with van der Waals surface area (Å²) in [7, 11) is 3.53. The highest BCUT2D eigenvalue weighted by molar-refractivity contribution is 9.10. The van der Waals surface area contributed by atoms with Gasteiger partial charge in [-0.05, 0) is 35.9 Å². The van der Waals surface area contributed by atoms with Crippen molar-refractivity contribution in [2.45, 2.75) is 6.42 Å². The molecule has 23 heavy (non-hydrogen) atoms. The minimum atomic E-state index is -0.167. The quantitative estimate of drug-likeness (QED) is 0.684. The Morgan fingerprint density at radius 1 is 1.30 bits per heavy atom. The van der Waals surface area contributed by atoms with Crippen molar-refractivity contribution in [3.05, 3.63) is 57.3 Å². The van der Waals surface area contributed by atoms with Crippen LogP contribution in [0.3, 0.4) is 0 Å². The third-order valence-electron chi connectivity index (χ3n) is 3.48. The van der Waals surface area contributed by atoms with Crippen molar-refractivity contribution in [1.29, 1.82) is 0 Å². The smallest absolute Gasteiger partial charge is 0.252 e. The zero-order chi connectivity index (χ0) is 16.4. The van der Waals surface area contributed by atoms with Gasteiger partial charge in [-0.25, -0.2) is 0 Å². The van der Waals surface area contributed by atoms with Gasteiger partial charge in [0.15, 0.2) is 4.80 Å². The van der Waals surface area contributed by atoms with E-state index in [2.05, 4.69) is 20.9 Å². The summed E-state index contributed by atoms with van der Waals surface area (Å²) in [5.74, 6) is 0.576. The largest absolute Gasteiger partial charge is 0.497 e. The zero-order valence-corrected chi connectivity index (χ0v) is 15.1. The van der Waals surface area contributed by atoms with E-state index in [0.29, 0.717) is 4.80 Å². The number of hydrogen-bond acceptors (Lipinski definition) is 3. The Bertz CT molecular complexity index is 943. The SMILES string of the molecule is COc1cccc(CC(=O)N=c2sc3cc(Br)ccc3n2C)c1. The molecular weight excluding hydrogens is 376 g/mol. The van der Waals surface area contributed by atoms with Crippen LogP contribution in [0, 0.1) is 0 Å². The minimum absolute atomic E-state index is 0.167. The lowest BCUT2D eigenvalue weighted by molar-refractivity contribution is -0.117. The molecule has 118 valence electrons. The van der Waals surface area contributed by atoms with Crippen LogP contribution in [0.2, 0.25) is 0 Å². The van der Waals surface area contributed by atoms with Crippen molar-refractivity contribution in [2.24, 2.45) is 12.0 Å². The molecule has 0 aliphatic carbocycles. The first kappa shape index (κ1) is 16.0. The maximum absolute atomic E-state index is 12.3. The predicted octanol–water partition coefficient (Wildman–Crippen LogP) is 3.68. The highest BCUT2D eigenvalue weighted by Gasteiger charge is 2.07. The normalized spacial score (nSPS) is 11.9. The molecule has 1 aromatic heterocycles. The van der Waals surface area contributed by atoms with E-state index < -0.39 is 0 Å². The van der Waals surface area contributed by atoms with Gasteiger partial charge in [0.25, 0.3) is 5.91 Å². The van der Waals surface area contributed by atoms with E-state index in [0.717, 1.165) is 26.0 Å². The molecule has 3 rings (SSSR count). The van der Waals surface area contributed by atoms with E-state index in [1.54, 1.807) is 7.11 Å². The van der Waals surface area contributed by atoms with E-state index >= 15 is 0 Å². The lowest BCUT2D eigenvalue weighted by Gasteiger charge is -2.02. The number of fused-ring (bicyclic) bond motifs is 1. The Morgan fingerprint density at radius 2 is 2.13 bits per heavy atom. The number of nitrogens with zero attached hydrogens (tertiary/aromatic N) is 2. The van der Waals surface area contributed by atoms with Crippen molar-refractivity contribution in [2.75, 3.05) is 7.11 Å². The molecule has 0 atom stereocenters. The fraction of sp³-hybridized carbons (Fsp3) is 0.176. The van der Waals surface area contributed by atoms with Crippen molar-refractivity contribution < 1.29 is 9.53 Å². The molecule has 0 fully saturated rings. The van der Waals surface area contributed by atoms with Crippen LogP contribution in [-0.4, -0.2) is 17.6 Å². The van der Waals surface area contributed by atoms with E-state index in [4.69, 9.17) is 4.74 Å². The number of ether oxygens (including phenoxy) is 1. The van der Waals surface area contributed by atoms with Crippen LogP contribution in [0.5, 0.6) is 5.75 Å². The first-order valence-corrected chi connectivity index (χ1v) is 8.63. The standard InChI is InChI=1S/C17H15BrN2O2S/c1-20-14-7-6-12(18)10-15(14)23-17(20)19-16(21)9-11-4-3-5-13(8-11)22-2/h3-8,10H,9H2,1-2H3. The molecule has 2 aromatic carbocycles. The molecule has 6 heteroatoms. The molecule has 1 amide bonds. The first-order valence-electron chi connectivity index (χ1n) is 7.02. The lowest BCUT2D eigenvalue weighted by Crippen LogP contribution is -2.14. The second-order valence-corrected chi connectivity index (χ2v) is 7.01. The summed E-state index contributed by atoms with van der Waals surface area (Å²) in [6.07, 6.45) is 0.259. The fourth-order valence-corrected chi connectivity index (χ4v) is 3.91. The van der Waals surface area contributed by atoms with Crippen LogP contribution in [0.4, 0.5) is 0 Å². The number of aryl methyl sites for hydroxylation is 1. The summed E-state index contributed by atoms with van der Waals surface area (Å²) >= 11 is 4.97. The van der Waals surface area contributed by atoms with Gasteiger partial charge in [-0.2, -0.15) is 4.99 Å². The Balaban J connectivity index is 1.91. The molecule has 3 aromatic rings. The Morgan fingerprint density at radius 3 is 2.91 bits per heavy atom. The van der Waals surface area contributed by atoms with Gasteiger partial charge in [-0.3, -0.25) is 4.79 Å². The molecule has 0 bridgehead atoms. The third-order valence-corrected chi connectivity index (χ3v) is 5.07. The summed E-state index contributed by atoms with van der Waals surface area (Å²) in [5.41, 5.74) is 1.95. The number of halogens is 1. The van der Waals surface area contributed by atoms with Crippen molar-refractivity contribution >= 4 is 43.4 Å². The van der Waals surface area contributed by atoms with E-state index in [-0.39, 0.29) is 12.3 Å². The molecule has 0 saturated carbocycles. The maximum atomic E-state index is 12.3. The highest BCUT2D eigenvalue weighted by Crippen LogP contribution is 2.21. The number of benzene rings is 2. The maximum Gasteiger partial charge on any atom is 0.252 e. The molecular formula is C17H15BrN2O2S. The number of carbonyl (C=O) groups excluding carboxylic acids is 1. The molecule has 0 unspecified atom stereocenters. The van der Waals surface area contributed by atoms with Gasteiger partial charge in [0.2, 0.25) is 0 Å². The number of thiazole rings is 1. The zero-order valence-electron chi connectivity index (χ0n) is 12.7. The fourth-order valence-electron chi connectivity index (χ4n) is 2.32. The minimum Gasteiger partial charge on any atom is -0.497 e.